The average Bonchev–Trinajstić information content (AvgIpc) is 2.73. The number of carbonyl (C=O) groups is 1. The van der Waals surface area contributed by atoms with Gasteiger partial charge in [-0.2, -0.15) is 0 Å². The molecule has 2 aromatic carbocycles. The van der Waals surface area contributed by atoms with Crippen LogP contribution in [-0.4, -0.2) is 34.8 Å². The van der Waals surface area contributed by atoms with Crippen LogP contribution in [0.2, 0.25) is 0 Å². The maximum atomic E-state index is 12.9. The maximum Gasteiger partial charge on any atom is 0.410 e. The first-order valence-corrected chi connectivity index (χ1v) is 10.5. The maximum absolute atomic E-state index is 12.9. The number of aliphatic hydroxyl groups is 1. The van der Waals surface area contributed by atoms with E-state index in [1.165, 1.54) is 0 Å². The van der Waals surface area contributed by atoms with Crippen LogP contribution in [0.15, 0.2) is 54.6 Å². The minimum atomic E-state index is -0.945. The molecule has 5 nitrogen and oxygen atoms in total. The van der Waals surface area contributed by atoms with E-state index in [9.17, 15) is 9.90 Å². The molecule has 5 heteroatoms. The molecule has 2 fully saturated rings. The summed E-state index contributed by atoms with van der Waals surface area (Å²) in [5, 5.41) is 11.5. The predicted octanol–water partition coefficient (Wildman–Crippen LogP) is 4.63. The lowest BCUT2D eigenvalue weighted by Crippen LogP contribution is -2.58. The van der Waals surface area contributed by atoms with Gasteiger partial charge in [0.15, 0.2) is 0 Å². The summed E-state index contributed by atoms with van der Waals surface area (Å²) >= 11 is 0. The lowest BCUT2D eigenvalue weighted by molar-refractivity contribution is -0.0897. The Hall–Kier alpha value is -2.53. The van der Waals surface area contributed by atoms with Gasteiger partial charge in [-0.1, -0.05) is 42.5 Å². The molecule has 0 saturated carbocycles. The molecule has 2 atom stereocenters. The molecule has 0 radical (unpaired) electrons. The van der Waals surface area contributed by atoms with Gasteiger partial charge < -0.3 is 19.5 Å². The van der Waals surface area contributed by atoms with Crippen molar-refractivity contribution in [2.24, 2.45) is 0 Å². The third-order valence-corrected chi connectivity index (χ3v) is 6.11. The molecular formula is C24H29NO4. The molecule has 2 aliphatic rings. The predicted molar refractivity (Wildman–Crippen MR) is 111 cm³/mol. The first-order valence-electron chi connectivity index (χ1n) is 10.5. The second-order valence-corrected chi connectivity index (χ2v) is 8.09. The van der Waals surface area contributed by atoms with E-state index in [0.717, 1.165) is 36.1 Å². The van der Waals surface area contributed by atoms with Crippen LogP contribution < -0.4 is 4.74 Å². The number of rotatable bonds is 5. The highest BCUT2D eigenvalue weighted by molar-refractivity contribution is 5.69. The van der Waals surface area contributed by atoms with Crippen LogP contribution in [0.5, 0.6) is 5.75 Å². The van der Waals surface area contributed by atoms with Gasteiger partial charge in [-0.15, -0.1) is 0 Å². The van der Waals surface area contributed by atoms with E-state index in [1.54, 1.807) is 0 Å². The van der Waals surface area contributed by atoms with Crippen molar-refractivity contribution in [1.29, 1.82) is 0 Å². The number of hydrogen-bond acceptors (Lipinski definition) is 4. The zero-order valence-corrected chi connectivity index (χ0v) is 16.9. The van der Waals surface area contributed by atoms with Crippen molar-refractivity contribution in [3.05, 3.63) is 65.7 Å². The van der Waals surface area contributed by atoms with Gasteiger partial charge >= 0.3 is 6.09 Å². The Morgan fingerprint density at radius 1 is 1.10 bits per heavy atom. The fourth-order valence-corrected chi connectivity index (χ4v) is 4.80. The van der Waals surface area contributed by atoms with E-state index in [1.807, 2.05) is 66.4 Å². The van der Waals surface area contributed by atoms with Crippen molar-refractivity contribution in [2.75, 3.05) is 6.61 Å². The summed E-state index contributed by atoms with van der Waals surface area (Å²) < 4.78 is 11.2. The summed E-state index contributed by atoms with van der Waals surface area (Å²) in [5.41, 5.74) is 0.906. The largest absolute Gasteiger partial charge is 0.494 e. The summed E-state index contributed by atoms with van der Waals surface area (Å²) in [6, 6.07) is 17.4. The first-order chi connectivity index (χ1) is 14.1. The van der Waals surface area contributed by atoms with Gasteiger partial charge in [-0.3, -0.25) is 0 Å². The minimum Gasteiger partial charge on any atom is -0.494 e. The molecular weight excluding hydrogens is 366 g/mol. The van der Waals surface area contributed by atoms with Crippen LogP contribution >= 0.6 is 0 Å². The van der Waals surface area contributed by atoms with Crippen LogP contribution in [0, 0.1) is 0 Å². The Morgan fingerprint density at radius 3 is 2.52 bits per heavy atom. The lowest BCUT2D eigenvalue weighted by Gasteiger charge is -2.51. The molecule has 0 spiro atoms. The zero-order chi connectivity index (χ0) is 20.3. The van der Waals surface area contributed by atoms with Crippen molar-refractivity contribution in [3.63, 3.8) is 0 Å². The molecule has 0 aromatic heterocycles. The third kappa shape index (κ3) is 4.25. The Morgan fingerprint density at radius 2 is 1.83 bits per heavy atom. The molecule has 1 N–H and O–H groups in total. The van der Waals surface area contributed by atoms with Gasteiger partial charge in [0.1, 0.15) is 12.4 Å². The Bertz CT molecular complexity index is 824. The van der Waals surface area contributed by atoms with E-state index in [4.69, 9.17) is 9.47 Å². The molecule has 2 heterocycles. The Kier molecular flexibility index (Phi) is 5.76. The van der Waals surface area contributed by atoms with Crippen LogP contribution in [-0.2, 0) is 16.9 Å². The van der Waals surface area contributed by atoms with E-state index < -0.39 is 5.60 Å². The fraction of sp³-hybridized carbons (Fsp3) is 0.458. The van der Waals surface area contributed by atoms with Gasteiger partial charge in [0, 0.05) is 24.9 Å². The summed E-state index contributed by atoms with van der Waals surface area (Å²) in [4.78, 5) is 14.8. The second-order valence-electron chi connectivity index (χ2n) is 8.09. The molecule has 2 aromatic rings. The quantitative estimate of drug-likeness (QED) is 0.802. The normalized spacial score (nSPS) is 26.1. The van der Waals surface area contributed by atoms with Crippen LogP contribution in [0.25, 0.3) is 0 Å². The topological polar surface area (TPSA) is 59.0 Å². The average molecular weight is 395 g/mol. The number of piperidine rings is 2. The van der Waals surface area contributed by atoms with Gasteiger partial charge in [-0.05, 0) is 49.4 Å². The zero-order valence-electron chi connectivity index (χ0n) is 16.9. The van der Waals surface area contributed by atoms with Crippen molar-refractivity contribution in [2.45, 2.75) is 63.3 Å². The number of amides is 1. The van der Waals surface area contributed by atoms with Crippen molar-refractivity contribution < 1.29 is 19.4 Å². The Balaban J connectivity index is 1.48. The van der Waals surface area contributed by atoms with Crippen molar-refractivity contribution in [3.8, 4) is 5.75 Å². The van der Waals surface area contributed by atoms with Crippen LogP contribution in [0.4, 0.5) is 4.79 Å². The lowest BCUT2D eigenvalue weighted by atomic mass is 9.72. The highest BCUT2D eigenvalue weighted by atomic mass is 16.6. The highest BCUT2D eigenvalue weighted by Crippen LogP contribution is 2.45. The van der Waals surface area contributed by atoms with Crippen molar-refractivity contribution in [1.82, 2.24) is 4.90 Å². The summed E-state index contributed by atoms with van der Waals surface area (Å²) in [5.74, 6) is 0.772. The number of hydrogen-bond donors (Lipinski definition) is 1. The molecule has 2 bridgehead atoms. The Labute approximate surface area is 172 Å². The van der Waals surface area contributed by atoms with E-state index in [-0.39, 0.29) is 24.8 Å². The molecule has 4 rings (SSSR count). The number of nitrogens with zero attached hydrogens (tertiary/aromatic N) is 1. The van der Waals surface area contributed by atoms with Gasteiger partial charge in [-0.25, -0.2) is 4.79 Å². The molecule has 154 valence electrons. The van der Waals surface area contributed by atoms with Gasteiger partial charge in [0.25, 0.3) is 0 Å². The van der Waals surface area contributed by atoms with E-state index in [0.29, 0.717) is 19.4 Å². The number of benzene rings is 2. The molecule has 2 aliphatic heterocycles. The number of carbonyl (C=O) groups excluding carboxylic acids is 1. The molecule has 2 saturated heterocycles. The molecule has 29 heavy (non-hydrogen) atoms. The minimum absolute atomic E-state index is 0.00785. The van der Waals surface area contributed by atoms with Gasteiger partial charge in [0.2, 0.25) is 0 Å². The van der Waals surface area contributed by atoms with Crippen LogP contribution in [0.3, 0.4) is 0 Å². The highest BCUT2D eigenvalue weighted by Gasteiger charge is 2.48. The van der Waals surface area contributed by atoms with E-state index in [2.05, 4.69) is 0 Å². The van der Waals surface area contributed by atoms with Crippen molar-refractivity contribution >= 4 is 6.09 Å². The fourth-order valence-electron chi connectivity index (χ4n) is 4.80. The third-order valence-electron chi connectivity index (χ3n) is 6.11. The van der Waals surface area contributed by atoms with E-state index >= 15 is 0 Å². The van der Waals surface area contributed by atoms with Gasteiger partial charge in [0.05, 0.1) is 12.2 Å². The van der Waals surface area contributed by atoms with Crippen LogP contribution in [0.1, 0.15) is 50.2 Å². The standard InChI is InChI=1S/C24H29NO4/c1-2-28-22-13-6-10-19(14-22)24(27)15-20-11-7-12-21(16-24)25(20)23(26)29-17-18-8-4-3-5-9-18/h3-6,8-10,13-14,20-21,27H,2,7,11-12,15-17H2,1H3. The number of fused-ring (bicyclic) bond motifs is 2. The molecule has 0 aliphatic carbocycles. The smallest absolute Gasteiger partial charge is 0.410 e. The number of ether oxygens (including phenoxy) is 2. The summed E-state index contributed by atoms with van der Waals surface area (Å²) in [6.07, 6.45) is 3.65. The second kappa shape index (κ2) is 8.46. The first kappa shape index (κ1) is 19.8. The molecule has 2 unspecified atom stereocenters. The monoisotopic (exact) mass is 395 g/mol. The summed E-state index contributed by atoms with van der Waals surface area (Å²) in [7, 11) is 0. The summed E-state index contributed by atoms with van der Waals surface area (Å²) in [6.45, 7) is 2.82. The SMILES string of the molecule is CCOc1cccc(C2(O)CC3CCCC(C2)N3C(=O)OCc2ccccc2)c1. The molecule has 1 amide bonds.